The molecular formula is C29H39ClN4O4. The normalized spacial score (nSPS) is 20.2. The first-order valence-electron chi connectivity index (χ1n) is 13.7. The highest BCUT2D eigenvalue weighted by Crippen LogP contribution is 2.38. The molecule has 2 fully saturated rings. The minimum Gasteiger partial charge on any atom is -0.493 e. The lowest BCUT2D eigenvalue weighted by molar-refractivity contribution is -0.120. The van der Waals surface area contributed by atoms with E-state index in [0.717, 1.165) is 68.7 Å². The summed E-state index contributed by atoms with van der Waals surface area (Å²) in [6.07, 6.45) is 6.51. The zero-order valence-electron chi connectivity index (χ0n) is 21.9. The molecule has 9 heteroatoms. The molecule has 1 saturated carbocycles. The molecule has 1 aliphatic carbocycles. The summed E-state index contributed by atoms with van der Waals surface area (Å²) in [7, 11) is 0. The van der Waals surface area contributed by atoms with Gasteiger partial charge in [-0.15, -0.1) is 12.4 Å². The van der Waals surface area contributed by atoms with Crippen molar-refractivity contribution in [2.45, 2.75) is 57.6 Å². The maximum Gasteiger partial charge on any atom is 0.227 e. The number of rotatable bonds is 8. The van der Waals surface area contributed by atoms with Crippen LogP contribution in [0.4, 0.5) is 17.1 Å². The van der Waals surface area contributed by atoms with Crippen LogP contribution in [0.15, 0.2) is 42.5 Å². The Morgan fingerprint density at radius 2 is 1.84 bits per heavy atom. The number of ether oxygens (including phenoxy) is 1. The minimum atomic E-state index is -0.510. The van der Waals surface area contributed by atoms with Crippen molar-refractivity contribution < 1.29 is 19.4 Å². The Bertz CT molecular complexity index is 1090. The predicted molar refractivity (Wildman–Crippen MR) is 152 cm³/mol. The van der Waals surface area contributed by atoms with Crippen molar-refractivity contribution in [1.82, 2.24) is 4.90 Å². The third kappa shape index (κ3) is 6.79. The van der Waals surface area contributed by atoms with E-state index in [2.05, 4.69) is 32.6 Å². The fourth-order valence-electron chi connectivity index (χ4n) is 5.69. The summed E-state index contributed by atoms with van der Waals surface area (Å²) in [5.74, 6) is 0.799. The van der Waals surface area contributed by atoms with Gasteiger partial charge in [-0.3, -0.25) is 14.5 Å². The number of para-hydroxylation sites is 1. The Morgan fingerprint density at radius 3 is 2.61 bits per heavy atom. The van der Waals surface area contributed by atoms with Crippen molar-refractivity contribution in [3.8, 4) is 5.75 Å². The number of β-amino-alcohol motifs (C(OH)–C–C–N with tert-alkyl or cyclic N) is 1. The van der Waals surface area contributed by atoms with Crippen LogP contribution in [-0.4, -0.2) is 60.8 Å². The van der Waals surface area contributed by atoms with Crippen molar-refractivity contribution in [2.24, 2.45) is 5.92 Å². The summed E-state index contributed by atoms with van der Waals surface area (Å²) in [4.78, 5) is 29.3. The standard InChI is InChI=1S/C29H38N4O4.ClH/c34-26-15-12-23-25(14-13-24(28(23)31-26)30-29(36)21-8-3-1-4-9-21)37-19-7-16-32-17-18-33(20-27(32)35)22-10-5-2-6-11-22;/h2,5-6,10-11,13-14,21,27,35H,1,3-4,7-9,12,15-20H2,(H,30,36)(H,31,34);1H. The molecule has 1 saturated heterocycles. The molecule has 2 heterocycles. The molecule has 206 valence electrons. The number of carbonyl (C=O) groups excluding carboxylic acids is 2. The molecule has 0 bridgehead atoms. The van der Waals surface area contributed by atoms with Gasteiger partial charge < -0.3 is 25.4 Å². The smallest absolute Gasteiger partial charge is 0.227 e. The van der Waals surface area contributed by atoms with Gasteiger partial charge in [-0.2, -0.15) is 0 Å². The molecule has 5 rings (SSSR count). The Kier molecular flexibility index (Phi) is 9.88. The van der Waals surface area contributed by atoms with E-state index in [-0.39, 0.29) is 30.1 Å². The summed E-state index contributed by atoms with van der Waals surface area (Å²) in [5.41, 5.74) is 3.41. The predicted octanol–water partition coefficient (Wildman–Crippen LogP) is 4.42. The Morgan fingerprint density at radius 1 is 1.05 bits per heavy atom. The van der Waals surface area contributed by atoms with Crippen LogP contribution in [0, 0.1) is 5.92 Å². The van der Waals surface area contributed by atoms with E-state index in [9.17, 15) is 14.7 Å². The second-order valence-electron chi connectivity index (χ2n) is 10.3. The summed E-state index contributed by atoms with van der Waals surface area (Å²) >= 11 is 0. The van der Waals surface area contributed by atoms with Crippen molar-refractivity contribution >= 4 is 41.3 Å². The van der Waals surface area contributed by atoms with E-state index in [0.29, 0.717) is 37.4 Å². The van der Waals surface area contributed by atoms with Gasteiger partial charge in [0.05, 0.1) is 24.5 Å². The van der Waals surface area contributed by atoms with Gasteiger partial charge in [-0.05, 0) is 49.9 Å². The Labute approximate surface area is 231 Å². The lowest BCUT2D eigenvalue weighted by Gasteiger charge is -2.39. The number of fused-ring (bicyclic) bond motifs is 1. The van der Waals surface area contributed by atoms with Gasteiger partial charge in [-0.25, -0.2) is 0 Å². The largest absolute Gasteiger partial charge is 0.493 e. The quantitative estimate of drug-likeness (QED) is 0.427. The van der Waals surface area contributed by atoms with Gasteiger partial charge >= 0.3 is 0 Å². The number of nitrogens with one attached hydrogen (secondary N) is 2. The second kappa shape index (κ2) is 13.3. The maximum atomic E-state index is 12.8. The van der Waals surface area contributed by atoms with Gasteiger partial charge in [-0.1, -0.05) is 37.5 Å². The molecule has 0 spiro atoms. The van der Waals surface area contributed by atoms with Crippen molar-refractivity contribution in [3.05, 3.63) is 48.0 Å². The van der Waals surface area contributed by atoms with Crippen LogP contribution in [0.25, 0.3) is 0 Å². The lowest BCUT2D eigenvalue weighted by atomic mass is 9.88. The topological polar surface area (TPSA) is 94.1 Å². The number of anilines is 3. The first-order chi connectivity index (χ1) is 18.1. The van der Waals surface area contributed by atoms with Gasteiger partial charge in [0.1, 0.15) is 12.0 Å². The number of hydrogen-bond donors (Lipinski definition) is 3. The molecule has 3 N–H and O–H groups in total. The maximum absolute atomic E-state index is 12.8. The number of benzene rings is 2. The van der Waals surface area contributed by atoms with Crippen LogP contribution in [0.1, 0.15) is 50.5 Å². The molecule has 8 nitrogen and oxygen atoms in total. The van der Waals surface area contributed by atoms with Gasteiger partial charge in [0.25, 0.3) is 0 Å². The Balaban J connectivity index is 0.00000336. The molecule has 1 unspecified atom stereocenters. The highest BCUT2D eigenvalue weighted by molar-refractivity contribution is 6.03. The van der Waals surface area contributed by atoms with Crippen LogP contribution in [0.3, 0.4) is 0 Å². The van der Waals surface area contributed by atoms with Gasteiger partial charge in [0, 0.05) is 43.2 Å². The third-order valence-corrected chi connectivity index (χ3v) is 7.80. The number of aliphatic hydroxyl groups excluding tert-OH is 1. The van der Waals surface area contributed by atoms with E-state index in [1.54, 1.807) is 0 Å². The van der Waals surface area contributed by atoms with Crippen LogP contribution >= 0.6 is 12.4 Å². The Hall–Kier alpha value is -2.81. The van der Waals surface area contributed by atoms with Crippen molar-refractivity contribution in [3.63, 3.8) is 0 Å². The van der Waals surface area contributed by atoms with E-state index >= 15 is 0 Å². The summed E-state index contributed by atoms with van der Waals surface area (Å²) in [6.45, 7) is 3.53. The molecule has 0 aromatic heterocycles. The fourth-order valence-corrected chi connectivity index (χ4v) is 5.69. The second-order valence-corrected chi connectivity index (χ2v) is 10.3. The first kappa shape index (κ1) is 28.2. The van der Waals surface area contributed by atoms with E-state index < -0.39 is 6.23 Å². The van der Waals surface area contributed by atoms with Crippen molar-refractivity contribution in [2.75, 3.05) is 48.3 Å². The summed E-state index contributed by atoms with van der Waals surface area (Å²) in [6, 6.07) is 13.9. The zero-order chi connectivity index (χ0) is 25.6. The zero-order valence-corrected chi connectivity index (χ0v) is 22.7. The molecule has 1 atom stereocenters. The summed E-state index contributed by atoms with van der Waals surface area (Å²) in [5, 5.41) is 16.7. The number of piperazine rings is 1. The third-order valence-electron chi connectivity index (χ3n) is 7.80. The lowest BCUT2D eigenvalue weighted by Crippen LogP contribution is -2.53. The van der Waals surface area contributed by atoms with Crippen LogP contribution in [-0.2, 0) is 16.0 Å². The van der Waals surface area contributed by atoms with Gasteiger partial charge in [0.2, 0.25) is 11.8 Å². The molecule has 2 amide bonds. The number of carbonyl (C=O) groups is 2. The molecule has 2 aromatic carbocycles. The number of nitrogens with zero attached hydrogens (tertiary/aromatic N) is 2. The molecule has 0 radical (unpaired) electrons. The van der Waals surface area contributed by atoms with Crippen LogP contribution < -0.4 is 20.3 Å². The van der Waals surface area contributed by atoms with E-state index in [1.807, 2.05) is 30.3 Å². The van der Waals surface area contributed by atoms with Crippen LogP contribution in [0.5, 0.6) is 5.75 Å². The minimum absolute atomic E-state index is 0. The molecule has 2 aliphatic heterocycles. The SMILES string of the molecule is Cl.O=C1CCc2c(OCCCN3CCN(c4ccccc4)CC3O)ccc(NC(=O)C3CCCCC3)c2N1. The highest BCUT2D eigenvalue weighted by Gasteiger charge is 2.27. The molecule has 38 heavy (non-hydrogen) atoms. The molecule has 2 aromatic rings. The number of amides is 2. The average Bonchev–Trinajstić information content (AvgIpc) is 2.93. The molecular weight excluding hydrogens is 504 g/mol. The molecule has 3 aliphatic rings. The number of halogens is 1. The monoisotopic (exact) mass is 542 g/mol. The van der Waals surface area contributed by atoms with Crippen molar-refractivity contribution in [1.29, 1.82) is 0 Å². The van der Waals surface area contributed by atoms with E-state index in [1.165, 1.54) is 6.42 Å². The average molecular weight is 543 g/mol. The van der Waals surface area contributed by atoms with Gasteiger partial charge in [0.15, 0.2) is 0 Å². The van der Waals surface area contributed by atoms with Crippen LogP contribution in [0.2, 0.25) is 0 Å². The summed E-state index contributed by atoms with van der Waals surface area (Å²) < 4.78 is 6.15. The first-order valence-corrected chi connectivity index (χ1v) is 13.7. The number of hydrogen-bond acceptors (Lipinski definition) is 6. The number of aliphatic hydroxyl groups is 1. The highest BCUT2D eigenvalue weighted by atomic mass is 35.5. The fraction of sp³-hybridized carbons (Fsp3) is 0.517. The van der Waals surface area contributed by atoms with E-state index in [4.69, 9.17) is 4.74 Å².